The molecule has 0 bridgehead atoms. The van der Waals surface area contributed by atoms with Crippen molar-refractivity contribution in [3.8, 4) is 5.75 Å². The molecule has 126 valence electrons. The molecule has 0 saturated heterocycles. The molecule has 1 aliphatic heterocycles. The predicted octanol–water partition coefficient (Wildman–Crippen LogP) is 4.26. The fourth-order valence-electron chi connectivity index (χ4n) is 3.39. The first-order chi connectivity index (χ1) is 11.3. The summed E-state index contributed by atoms with van der Waals surface area (Å²) in [4.78, 5) is 12.6. The van der Waals surface area contributed by atoms with Crippen LogP contribution in [-0.4, -0.2) is 11.5 Å². The van der Waals surface area contributed by atoms with Crippen molar-refractivity contribution in [2.75, 3.05) is 0 Å². The van der Waals surface area contributed by atoms with Crippen molar-refractivity contribution < 1.29 is 9.53 Å². The van der Waals surface area contributed by atoms with Gasteiger partial charge in [0.1, 0.15) is 11.4 Å². The van der Waals surface area contributed by atoms with Crippen LogP contribution in [0.1, 0.15) is 48.6 Å². The molecule has 24 heavy (non-hydrogen) atoms. The lowest BCUT2D eigenvalue weighted by molar-refractivity contribution is -0.121. The highest BCUT2D eigenvalue weighted by Crippen LogP contribution is 2.39. The van der Waals surface area contributed by atoms with Gasteiger partial charge in [0.2, 0.25) is 5.91 Å². The van der Waals surface area contributed by atoms with Gasteiger partial charge in [-0.05, 0) is 44.9 Å². The number of nitrogens with one attached hydrogen (secondary N) is 1. The first-order valence-electron chi connectivity index (χ1n) is 8.47. The molecule has 1 N–H and O–H groups in total. The van der Waals surface area contributed by atoms with Crippen molar-refractivity contribution in [1.29, 1.82) is 0 Å². The molecular formula is C21H25NO2. The average Bonchev–Trinajstić information content (AvgIpc) is 2.49. The van der Waals surface area contributed by atoms with Gasteiger partial charge in [-0.3, -0.25) is 4.79 Å². The number of hydrogen-bond acceptors (Lipinski definition) is 2. The van der Waals surface area contributed by atoms with Crippen LogP contribution in [0.15, 0.2) is 42.5 Å². The molecule has 0 saturated carbocycles. The summed E-state index contributed by atoms with van der Waals surface area (Å²) in [6.45, 7) is 8.25. The van der Waals surface area contributed by atoms with E-state index in [1.165, 1.54) is 5.56 Å². The molecule has 1 atom stereocenters. The summed E-state index contributed by atoms with van der Waals surface area (Å²) in [6.07, 6.45) is 1.18. The largest absolute Gasteiger partial charge is 0.487 e. The van der Waals surface area contributed by atoms with E-state index in [0.717, 1.165) is 28.9 Å². The van der Waals surface area contributed by atoms with E-state index in [-0.39, 0.29) is 17.6 Å². The molecule has 2 aromatic carbocycles. The van der Waals surface area contributed by atoms with Crippen molar-refractivity contribution in [3.63, 3.8) is 0 Å². The quantitative estimate of drug-likeness (QED) is 0.916. The summed E-state index contributed by atoms with van der Waals surface area (Å²) in [5.74, 6) is 0.921. The SMILES string of the molecule is Cc1ccc(CC(=O)N[C@@H]2CC(C)(C)Oc3ccccc32)c(C)c1. The Kier molecular flexibility index (Phi) is 4.35. The second-order valence-corrected chi connectivity index (χ2v) is 7.33. The van der Waals surface area contributed by atoms with Crippen LogP contribution in [-0.2, 0) is 11.2 Å². The van der Waals surface area contributed by atoms with E-state index < -0.39 is 0 Å². The molecule has 3 heteroatoms. The Hall–Kier alpha value is -2.29. The molecule has 2 aromatic rings. The van der Waals surface area contributed by atoms with Crippen LogP contribution < -0.4 is 10.1 Å². The van der Waals surface area contributed by atoms with Crippen molar-refractivity contribution in [2.45, 2.75) is 52.2 Å². The third-order valence-corrected chi connectivity index (χ3v) is 4.56. The highest BCUT2D eigenvalue weighted by atomic mass is 16.5. The van der Waals surface area contributed by atoms with Crippen LogP contribution in [0.4, 0.5) is 0 Å². The van der Waals surface area contributed by atoms with E-state index in [0.29, 0.717) is 6.42 Å². The molecule has 0 aliphatic carbocycles. The molecule has 1 amide bonds. The summed E-state index contributed by atoms with van der Waals surface area (Å²) in [6, 6.07) is 14.2. The highest BCUT2D eigenvalue weighted by molar-refractivity contribution is 5.79. The Morgan fingerprint density at radius 2 is 1.96 bits per heavy atom. The number of carbonyl (C=O) groups excluding carboxylic acids is 1. The molecule has 0 spiro atoms. The molecule has 1 heterocycles. The minimum absolute atomic E-state index is 0.0109. The number of carbonyl (C=O) groups is 1. The van der Waals surface area contributed by atoms with Gasteiger partial charge in [0, 0.05) is 12.0 Å². The third-order valence-electron chi connectivity index (χ3n) is 4.56. The lowest BCUT2D eigenvalue weighted by Gasteiger charge is -2.37. The van der Waals surface area contributed by atoms with E-state index in [2.05, 4.69) is 45.1 Å². The summed E-state index contributed by atoms with van der Waals surface area (Å²) < 4.78 is 6.03. The summed E-state index contributed by atoms with van der Waals surface area (Å²) in [7, 11) is 0. The summed E-state index contributed by atoms with van der Waals surface area (Å²) in [5, 5.41) is 3.20. The van der Waals surface area contributed by atoms with Crippen molar-refractivity contribution >= 4 is 5.91 Å². The minimum Gasteiger partial charge on any atom is -0.487 e. The molecule has 0 fully saturated rings. The second kappa shape index (κ2) is 6.31. The Bertz CT molecular complexity index is 764. The number of benzene rings is 2. The smallest absolute Gasteiger partial charge is 0.224 e. The topological polar surface area (TPSA) is 38.3 Å². The zero-order valence-corrected chi connectivity index (χ0v) is 14.8. The number of aryl methyl sites for hydroxylation is 2. The molecular weight excluding hydrogens is 298 g/mol. The number of fused-ring (bicyclic) bond motifs is 1. The lowest BCUT2D eigenvalue weighted by atomic mass is 9.89. The standard InChI is InChI=1S/C21H25NO2/c1-14-9-10-16(15(2)11-14)12-20(23)22-18-13-21(3,4)24-19-8-6-5-7-17(18)19/h5-11,18H,12-13H2,1-4H3,(H,22,23)/t18-/m1/s1. The summed E-state index contributed by atoms with van der Waals surface area (Å²) >= 11 is 0. The number of ether oxygens (including phenoxy) is 1. The zero-order chi connectivity index (χ0) is 17.3. The van der Waals surface area contributed by atoms with Gasteiger partial charge in [-0.15, -0.1) is 0 Å². The van der Waals surface area contributed by atoms with Gasteiger partial charge in [0.15, 0.2) is 0 Å². The number of para-hydroxylation sites is 1. The fourth-order valence-corrected chi connectivity index (χ4v) is 3.39. The van der Waals surface area contributed by atoms with E-state index in [4.69, 9.17) is 4.74 Å². The predicted molar refractivity (Wildman–Crippen MR) is 96.3 cm³/mol. The van der Waals surface area contributed by atoms with Crippen molar-refractivity contribution in [1.82, 2.24) is 5.32 Å². The maximum absolute atomic E-state index is 12.6. The van der Waals surface area contributed by atoms with Crippen LogP contribution in [0.2, 0.25) is 0 Å². The Balaban J connectivity index is 1.76. The Morgan fingerprint density at radius 1 is 1.21 bits per heavy atom. The molecule has 3 nitrogen and oxygen atoms in total. The summed E-state index contributed by atoms with van der Waals surface area (Å²) in [5.41, 5.74) is 4.24. The Morgan fingerprint density at radius 3 is 2.71 bits per heavy atom. The van der Waals surface area contributed by atoms with Crippen LogP contribution in [0, 0.1) is 13.8 Å². The van der Waals surface area contributed by atoms with Gasteiger partial charge in [0.05, 0.1) is 12.5 Å². The molecule has 0 aromatic heterocycles. The minimum atomic E-state index is -0.286. The van der Waals surface area contributed by atoms with Crippen LogP contribution in [0.5, 0.6) is 5.75 Å². The second-order valence-electron chi connectivity index (χ2n) is 7.33. The monoisotopic (exact) mass is 323 g/mol. The van der Waals surface area contributed by atoms with Gasteiger partial charge in [0.25, 0.3) is 0 Å². The van der Waals surface area contributed by atoms with E-state index in [9.17, 15) is 4.79 Å². The lowest BCUT2D eigenvalue weighted by Crippen LogP contribution is -2.41. The molecule has 1 aliphatic rings. The molecule has 3 rings (SSSR count). The normalized spacial score (nSPS) is 18.4. The van der Waals surface area contributed by atoms with Crippen LogP contribution >= 0.6 is 0 Å². The average molecular weight is 323 g/mol. The van der Waals surface area contributed by atoms with Crippen molar-refractivity contribution in [3.05, 3.63) is 64.7 Å². The van der Waals surface area contributed by atoms with Crippen LogP contribution in [0.3, 0.4) is 0 Å². The number of rotatable bonds is 3. The van der Waals surface area contributed by atoms with E-state index in [1.54, 1.807) is 0 Å². The maximum atomic E-state index is 12.6. The highest BCUT2D eigenvalue weighted by Gasteiger charge is 2.34. The molecule has 0 unspecified atom stereocenters. The van der Waals surface area contributed by atoms with Gasteiger partial charge in [-0.25, -0.2) is 0 Å². The number of hydrogen-bond donors (Lipinski definition) is 1. The van der Waals surface area contributed by atoms with Gasteiger partial charge < -0.3 is 10.1 Å². The molecule has 0 radical (unpaired) electrons. The maximum Gasteiger partial charge on any atom is 0.224 e. The number of amides is 1. The Labute approximate surface area is 144 Å². The third kappa shape index (κ3) is 3.61. The first kappa shape index (κ1) is 16.6. The van der Waals surface area contributed by atoms with Gasteiger partial charge >= 0.3 is 0 Å². The van der Waals surface area contributed by atoms with E-state index in [1.807, 2.05) is 30.3 Å². The first-order valence-corrected chi connectivity index (χ1v) is 8.47. The van der Waals surface area contributed by atoms with Crippen LogP contribution in [0.25, 0.3) is 0 Å². The fraction of sp³-hybridized carbons (Fsp3) is 0.381. The van der Waals surface area contributed by atoms with Gasteiger partial charge in [-0.1, -0.05) is 42.0 Å². The van der Waals surface area contributed by atoms with Gasteiger partial charge in [-0.2, -0.15) is 0 Å². The van der Waals surface area contributed by atoms with Crippen molar-refractivity contribution in [2.24, 2.45) is 0 Å². The zero-order valence-electron chi connectivity index (χ0n) is 14.8. The van der Waals surface area contributed by atoms with E-state index >= 15 is 0 Å².